The van der Waals surface area contributed by atoms with Crippen LogP contribution in [-0.4, -0.2) is 34.7 Å². The lowest BCUT2D eigenvalue weighted by Gasteiger charge is -2.16. The molecule has 4 aromatic rings. The number of rotatable bonds is 7. The quantitative estimate of drug-likeness (QED) is 0.199. The third-order valence-electron chi connectivity index (χ3n) is 7.64. The second-order valence-corrected chi connectivity index (χ2v) is 14.5. The molecule has 0 spiro atoms. The molecular formula is C32H36O2S2+2. The van der Waals surface area contributed by atoms with Gasteiger partial charge in [-0.15, -0.1) is 0 Å². The molecule has 0 radical (unpaired) electrons. The topological polar surface area (TPSA) is 29.5 Å². The van der Waals surface area contributed by atoms with Crippen LogP contribution < -0.4 is 4.74 Å². The third kappa shape index (κ3) is 4.48. The minimum absolute atomic E-state index is 0.229. The number of benzene rings is 4. The van der Waals surface area contributed by atoms with Crippen molar-refractivity contribution in [1.82, 2.24) is 0 Å². The maximum absolute atomic E-state index is 11.1. The lowest BCUT2D eigenvalue weighted by Crippen LogP contribution is -2.07. The molecular weight excluding hydrogens is 480 g/mol. The second kappa shape index (κ2) is 10.6. The van der Waals surface area contributed by atoms with E-state index in [0.29, 0.717) is 16.6 Å². The van der Waals surface area contributed by atoms with Gasteiger partial charge in [0.2, 0.25) is 0 Å². The molecule has 36 heavy (non-hydrogen) atoms. The number of hydrogen-bond donors (Lipinski definition) is 1. The number of fused-ring (bicyclic) bond motifs is 2. The summed E-state index contributed by atoms with van der Waals surface area (Å²) in [5, 5.41) is 15.9. The van der Waals surface area contributed by atoms with Crippen molar-refractivity contribution in [2.24, 2.45) is 0 Å². The minimum atomic E-state index is 0.229. The van der Waals surface area contributed by atoms with Crippen LogP contribution in [0, 0.1) is 0 Å². The van der Waals surface area contributed by atoms with Gasteiger partial charge in [0.15, 0.2) is 9.79 Å². The lowest BCUT2D eigenvalue weighted by molar-refractivity contribution is 0.313. The third-order valence-corrected chi connectivity index (χ3v) is 12.8. The Kier molecular flexibility index (Phi) is 7.08. The van der Waals surface area contributed by atoms with Crippen molar-refractivity contribution in [3.63, 3.8) is 0 Å². The molecule has 2 nitrogen and oxygen atoms in total. The van der Waals surface area contributed by atoms with Crippen molar-refractivity contribution in [1.29, 1.82) is 0 Å². The van der Waals surface area contributed by atoms with Crippen LogP contribution in [0.3, 0.4) is 0 Å². The summed E-state index contributed by atoms with van der Waals surface area (Å²) in [5.74, 6) is 6.54. The predicted octanol–water partition coefficient (Wildman–Crippen LogP) is 8.09. The monoisotopic (exact) mass is 516 g/mol. The van der Waals surface area contributed by atoms with Crippen molar-refractivity contribution < 1.29 is 9.84 Å². The first kappa shape index (κ1) is 24.1. The number of phenols is 1. The summed E-state index contributed by atoms with van der Waals surface area (Å²) in [6.07, 6.45) is 7.50. The summed E-state index contributed by atoms with van der Waals surface area (Å²) < 4.78 is 6.27. The summed E-state index contributed by atoms with van der Waals surface area (Å²) in [6.45, 7) is 2.98. The van der Waals surface area contributed by atoms with E-state index in [0.717, 1.165) is 30.6 Å². The zero-order valence-corrected chi connectivity index (χ0v) is 22.9. The molecule has 2 fully saturated rings. The molecule has 4 aromatic carbocycles. The van der Waals surface area contributed by atoms with Gasteiger partial charge in [0.1, 0.15) is 34.5 Å². The Hall–Kier alpha value is -2.30. The summed E-state index contributed by atoms with van der Waals surface area (Å²) >= 11 is 0. The van der Waals surface area contributed by atoms with Crippen LogP contribution in [0.4, 0.5) is 0 Å². The molecule has 186 valence electrons. The largest absolute Gasteiger partial charge is 0.507 e. The van der Waals surface area contributed by atoms with Crippen LogP contribution in [0.5, 0.6) is 11.5 Å². The highest BCUT2D eigenvalue weighted by Crippen LogP contribution is 2.44. The van der Waals surface area contributed by atoms with Gasteiger partial charge >= 0.3 is 0 Å². The van der Waals surface area contributed by atoms with Gasteiger partial charge in [-0.2, -0.15) is 0 Å². The number of hydrogen-bond acceptors (Lipinski definition) is 2. The second-order valence-electron chi connectivity index (χ2n) is 10.1. The van der Waals surface area contributed by atoms with Crippen molar-refractivity contribution in [3.8, 4) is 22.6 Å². The Morgan fingerprint density at radius 3 is 2.22 bits per heavy atom. The fourth-order valence-corrected chi connectivity index (χ4v) is 10.9. The van der Waals surface area contributed by atoms with Crippen molar-refractivity contribution in [2.75, 3.05) is 29.6 Å². The molecule has 0 saturated carbocycles. The molecule has 1 N–H and O–H groups in total. The molecule has 2 heterocycles. The van der Waals surface area contributed by atoms with Crippen LogP contribution in [-0.2, 0) is 21.8 Å². The van der Waals surface area contributed by atoms with E-state index in [1.807, 2.05) is 12.1 Å². The number of unbranched alkanes of at least 4 members (excludes halogenated alkanes) is 1. The van der Waals surface area contributed by atoms with Gasteiger partial charge in [-0.3, -0.25) is 0 Å². The fourth-order valence-electron chi connectivity index (χ4n) is 5.75. The molecule has 6 rings (SSSR count). The Morgan fingerprint density at radius 2 is 1.47 bits per heavy atom. The first-order valence-electron chi connectivity index (χ1n) is 13.5. The molecule has 2 aliphatic heterocycles. The van der Waals surface area contributed by atoms with E-state index in [2.05, 4.69) is 55.5 Å². The van der Waals surface area contributed by atoms with Gasteiger partial charge in [0.05, 0.1) is 6.61 Å². The summed E-state index contributed by atoms with van der Waals surface area (Å²) in [4.78, 5) is 2.96. The summed E-state index contributed by atoms with van der Waals surface area (Å²) in [6, 6.07) is 22.0. The Morgan fingerprint density at radius 1 is 0.750 bits per heavy atom. The predicted molar refractivity (Wildman–Crippen MR) is 158 cm³/mol. The Labute approximate surface area is 220 Å². The molecule has 2 aliphatic rings. The SMILES string of the molecule is CCCCOc1ccc([S+]2CCCC2)c2cc(-c3cc(O)c4ccccc4c3[S+]3CCCC3)ccc12. The van der Waals surface area contributed by atoms with Gasteiger partial charge in [-0.05, 0) is 74.1 Å². The smallest absolute Gasteiger partial charge is 0.170 e. The fraction of sp³-hybridized carbons (Fsp3) is 0.375. The molecule has 0 amide bonds. The molecule has 0 aliphatic carbocycles. The van der Waals surface area contributed by atoms with E-state index in [1.54, 1.807) is 0 Å². The summed E-state index contributed by atoms with van der Waals surface area (Å²) in [5.41, 5.74) is 2.45. The van der Waals surface area contributed by atoms with Crippen LogP contribution in [0.25, 0.3) is 32.7 Å². The van der Waals surface area contributed by atoms with E-state index >= 15 is 0 Å². The van der Waals surface area contributed by atoms with E-state index in [9.17, 15) is 5.11 Å². The van der Waals surface area contributed by atoms with E-state index < -0.39 is 0 Å². The van der Waals surface area contributed by atoms with Gasteiger partial charge < -0.3 is 9.84 Å². The number of aromatic hydroxyl groups is 1. The lowest BCUT2D eigenvalue weighted by atomic mass is 9.97. The van der Waals surface area contributed by atoms with Gasteiger partial charge in [-0.25, -0.2) is 0 Å². The maximum Gasteiger partial charge on any atom is 0.170 e. The van der Waals surface area contributed by atoms with Gasteiger partial charge in [0.25, 0.3) is 0 Å². The molecule has 2 saturated heterocycles. The van der Waals surface area contributed by atoms with Gasteiger partial charge in [0, 0.05) is 48.9 Å². The standard InChI is InChI=1S/C32H35O2S2/c1-2-3-16-34-30-14-15-31(35-17-6-7-18-35)28-21-23(12-13-25(28)30)27-22-29(33)24-10-4-5-11-26(24)32(27)36-19-8-9-20-36/h4-5,10-15,21-22H,2-3,6-9,16-20H2,1H3/q+1/p+1. The van der Waals surface area contributed by atoms with Crippen molar-refractivity contribution in [2.45, 2.75) is 55.2 Å². The summed E-state index contributed by atoms with van der Waals surface area (Å²) in [7, 11) is 0.547. The van der Waals surface area contributed by atoms with Crippen LogP contribution in [0.2, 0.25) is 0 Å². The van der Waals surface area contributed by atoms with E-state index in [1.165, 1.54) is 85.8 Å². The highest BCUT2D eigenvalue weighted by molar-refractivity contribution is 7.97. The minimum Gasteiger partial charge on any atom is -0.507 e. The Bertz CT molecular complexity index is 1380. The molecule has 4 heteroatoms. The zero-order valence-electron chi connectivity index (χ0n) is 21.2. The number of phenolic OH excluding ortho intramolecular Hbond substituents is 1. The number of ether oxygens (including phenoxy) is 1. The van der Waals surface area contributed by atoms with E-state index in [4.69, 9.17) is 4.74 Å². The molecule has 0 bridgehead atoms. The maximum atomic E-state index is 11.1. The van der Waals surface area contributed by atoms with Crippen molar-refractivity contribution in [3.05, 3.63) is 60.7 Å². The zero-order chi connectivity index (χ0) is 24.5. The van der Waals surface area contributed by atoms with Crippen LogP contribution in [0.15, 0.2) is 70.5 Å². The normalized spacial score (nSPS) is 16.9. The molecule has 0 atom stereocenters. The average molecular weight is 517 g/mol. The molecule has 0 aromatic heterocycles. The molecule has 0 unspecified atom stereocenters. The van der Waals surface area contributed by atoms with Gasteiger partial charge in [-0.1, -0.05) is 37.6 Å². The van der Waals surface area contributed by atoms with Crippen LogP contribution in [0.1, 0.15) is 45.4 Å². The highest BCUT2D eigenvalue weighted by Gasteiger charge is 2.34. The first-order valence-corrected chi connectivity index (χ1v) is 16.7. The highest BCUT2D eigenvalue weighted by atomic mass is 32.2. The van der Waals surface area contributed by atoms with E-state index in [-0.39, 0.29) is 10.9 Å². The van der Waals surface area contributed by atoms with Crippen molar-refractivity contribution >= 4 is 43.3 Å². The van der Waals surface area contributed by atoms with Crippen LogP contribution >= 0.6 is 0 Å². The first-order chi connectivity index (χ1) is 17.7. The average Bonchev–Trinajstić information content (AvgIpc) is 3.64. The Balaban J connectivity index is 1.55.